The Balaban J connectivity index is 1.87. The fraction of sp³-hybridized carbons (Fsp3) is 0.471. The maximum Gasteiger partial charge on any atom is 0.374 e. The molecule has 1 aromatic heterocycles. The maximum absolute atomic E-state index is 11.9. The Morgan fingerprint density at radius 3 is 2.74 bits per heavy atom. The lowest BCUT2D eigenvalue weighted by molar-refractivity contribution is 0.0497. The molecule has 0 saturated heterocycles. The molecule has 0 spiro atoms. The minimum atomic E-state index is -3.19. The monoisotopic (exact) mass is 338 g/mol. The van der Waals surface area contributed by atoms with Crippen LogP contribution >= 0.6 is 0 Å². The van der Waals surface area contributed by atoms with E-state index in [0.717, 1.165) is 31.1 Å². The Morgan fingerprint density at radius 1 is 1.43 bits per heavy atom. The van der Waals surface area contributed by atoms with Crippen LogP contribution in [0.3, 0.4) is 0 Å². The van der Waals surface area contributed by atoms with Crippen molar-refractivity contribution in [3.63, 3.8) is 0 Å². The zero-order valence-corrected chi connectivity index (χ0v) is 14.3. The lowest BCUT2D eigenvalue weighted by atomic mass is 9.86. The van der Waals surface area contributed by atoms with Crippen molar-refractivity contribution in [2.75, 3.05) is 12.9 Å². The molecule has 2 rings (SSSR count). The number of rotatable bonds is 6. The number of carbonyl (C=O) groups is 1. The first kappa shape index (κ1) is 17.5. The predicted molar refractivity (Wildman–Crippen MR) is 87.8 cm³/mol. The minimum Gasteiger partial charge on any atom is -0.455 e. The van der Waals surface area contributed by atoms with Crippen molar-refractivity contribution in [1.82, 2.24) is 0 Å². The second-order valence-electron chi connectivity index (χ2n) is 6.09. The first-order valence-corrected chi connectivity index (χ1v) is 9.57. The summed E-state index contributed by atoms with van der Waals surface area (Å²) in [6.07, 6.45) is 6.07. The van der Waals surface area contributed by atoms with E-state index in [4.69, 9.17) is 9.15 Å². The van der Waals surface area contributed by atoms with Crippen LogP contribution in [0.1, 0.15) is 42.5 Å². The molecule has 0 fully saturated rings. The normalized spacial score (nSPS) is 18.3. The predicted octanol–water partition coefficient (Wildman–Crippen LogP) is 3.28. The van der Waals surface area contributed by atoms with Crippen LogP contribution in [0.25, 0.3) is 0 Å². The van der Waals surface area contributed by atoms with E-state index in [2.05, 4.69) is 12.7 Å². The van der Waals surface area contributed by atoms with Crippen molar-refractivity contribution in [2.24, 2.45) is 5.92 Å². The number of hydrogen-bond donors (Lipinski definition) is 0. The summed E-state index contributed by atoms with van der Waals surface area (Å²) < 4.78 is 32.9. The molecule has 6 heteroatoms. The number of esters is 1. The summed E-state index contributed by atoms with van der Waals surface area (Å²) in [6, 6.07) is 2.92. The van der Waals surface area contributed by atoms with Crippen LogP contribution in [-0.4, -0.2) is 27.2 Å². The van der Waals surface area contributed by atoms with Gasteiger partial charge in [-0.05, 0) is 49.8 Å². The van der Waals surface area contributed by atoms with Gasteiger partial charge in [0.2, 0.25) is 5.76 Å². The van der Waals surface area contributed by atoms with Crippen molar-refractivity contribution < 1.29 is 22.4 Å². The smallest absolute Gasteiger partial charge is 0.374 e. The zero-order valence-electron chi connectivity index (χ0n) is 13.5. The number of allylic oxidation sites excluding steroid dienone is 2. The van der Waals surface area contributed by atoms with Gasteiger partial charge in [-0.2, -0.15) is 0 Å². The third-order valence-corrected chi connectivity index (χ3v) is 4.67. The average Bonchev–Trinajstić information content (AvgIpc) is 2.91. The second-order valence-corrected chi connectivity index (χ2v) is 8.23. The molecule has 1 aliphatic carbocycles. The quantitative estimate of drug-likeness (QED) is 0.588. The highest BCUT2D eigenvalue weighted by Gasteiger charge is 2.18. The second kappa shape index (κ2) is 7.17. The molecule has 126 valence electrons. The number of hydrogen-bond acceptors (Lipinski definition) is 5. The molecule has 0 bridgehead atoms. The van der Waals surface area contributed by atoms with Gasteiger partial charge < -0.3 is 9.15 Å². The van der Waals surface area contributed by atoms with Crippen LogP contribution < -0.4 is 0 Å². The Hall–Kier alpha value is -1.82. The first-order valence-electron chi connectivity index (χ1n) is 7.51. The van der Waals surface area contributed by atoms with Gasteiger partial charge in [0.15, 0.2) is 9.84 Å². The summed E-state index contributed by atoms with van der Waals surface area (Å²) in [4.78, 5) is 11.9. The maximum atomic E-state index is 11.9. The van der Waals surface area contributed by atoms with Gasteiger partial charge in [0, 0.05) is 6.26 Å². The fourth-order valence-corrected chi connectivity index (χ4v) is 3.19. The lowest BCUT2D eigenvalue weighted by Gasteiger charge is -2.21. The third-order valence-electron chi connectivity index (χ3n) is 3.86. The Kier molecular flexibility index (Phi) is 5.46. The molecule has 1 aromatic rings. The molecule has 1 atom stereocenters. The van der Waals surface area contributed by atoms with E-state index in [1.807, 2.05) is 6.92 Å². The zero-order chi connectivity index (χ0) is 17.0. The van der Waals surface area contributed by atoms with Crippen LogP contribution in [0.2, 0.25) is 0 Å². The van der Waals surface area contributed by atoms with E-state index in [1.165, 1.54) is 17.7 Å². The summed E-state index contributed by atoms with van der Waals surface area (Å²) in [7, 11) is -3.19. The Bertz CT molecular complexity index is 724. The number of ether oxygens (including phenoxy) is 1. The van der Waals surface area contributed by atoms with Gasteiger partial charge in [-0.25, -0.2) is 13.2 Å². The number of carbonyl (C=O) groups excluding carboxylic acids is 1. The molecule has 0 N–H and O–H groups in total. The van der Waals surface area contributed by atoms with Crippen molar-refractivity contribution in [1.29, 1.82) is 0 Å². The van der Waals surface area contributed by atoms with Gasteiger partial charge in [-0.3, -0.25) is 0 Å². The van der Waals surface area contributed by atoms with Crippen molar-refractivity contribution in [2.45, 2.75) is 31.9 Å². The molecule has 0 unspecified atom stereocenters. The van der Waals surface area contributed by atoms with Crippen molar-refractivity contribution >= 4 is 15.8 Å². The van der Waals surface area contributed by atoms with E-state index in [-0.39, 0.29) is 23.9 Å². The molecule has 0 saturated carbocycles. The summed E-state index contributed by atoms with van der Waals surface area (Å²) in [6.45, 7) is 6.25. The van der Waals surface area contributed by atoms with Crippen LogP contribution in [-0.2, 0) is 20.3 Å². The molecule has 0 radical (unpaired) electrons. The van der Waals surface area contributed by atoms with Gasteiger partial charge >= 0.3 is 5.97 Å². The molecule has 1 aliphatic rings. The van der Waals surface area contributed by atoms with E-state index < -0.39 is 15.8 Å². The van der Waals surface area contributed by atoms with Gasteiger partial charge in [0.25, 0.3) is 0 Å². The van der Waals surface area contributed by atoms with Crippen LogP contribution in [0.15, 0.2) is 40.4 Å². The lowest BCUT2D eigenvalue weighted by Crippen LogP contribution is -2.12. The van der Waals surface area contributed by atoms with E-state index in [1.54, 1.807) is 0 Å². The molecule has 5 nitrogen and oxygen atoms in total. The van der Waals surface area contributed by atoms with Crippen LogP contribution in [0.4, 0.5) is 0 Å². The van der Waals surface area contributed by atoms with Gasteiger partial charge in [0.05, 0.1) is 0 Å². The first-order chi connectivity index (χ1) is 10.7. The number of furan rings is 1. The van der Waals surface area contributed by atoms with Gasteiger partial charge in [-0.1, -0.05) is 18.2 Å². The van der Waals surface area contributed by atoms with Crippen LogP contribution in [0.5, 0.6) is 0 Å². The van der Waals surface area contributed by atoms with E-state index in [0.29, 0.717) is 5.92 Å². The topological polar surface area (TPSA) is 73.6 Å². The third kappa shape index (κ3) is 5.39. The highest BCUT2D eigenvalue weighted by Crippen LogP contribution is 2.28. The largest absolute Gasteiger partial charge is 0.455 e. The molecular formula is C17H22O5S. The number of sulfone groups is 1. The molecule has 23 heavy (non-hydrogen) atoms. The Labute approximate surface area is 136 Å². The summed E-state index contributed by atoms with van der Waals surface area (Å²) >= 11 is 0. The SMILES string of the molecule is C=C(C)[C@H]1CC=C(COC(=O)c2ccc(CS(C)(=O)=O)o2)CC1. The fourth-order valence-electron chi connectivity index (χ4n) is 2.52. The van der Waals surface area contributed by atoms with Gasteiger partial charge in [0.1, 0.15) is 18.1 Å². The minimum absolute atomic E-state index is 0.0277. The Morgan fingerprint density at radius 2 is 2.17 bits per heavy atom. The van der Waals surface area contributed by atoms with Gasteiger partial charge in [-0.15, -0.1) is 0 Å². The summed E-state index contributed by atoms with van der Waals surface area (Å²) in [5.41, 5.74) is 2.28. The highest BCUT2D eigenvalue weighted by atomic mass is 32.2. The van der Waals surface area contributed by atoms with E-state index in [9.17, 15) is 13.2 Å². The molecule has 0 aliphatic heterocycles. The van der Waals surface area contributed by atoms with Crippen molar-refractivity contribution in [3.8, 4) is 0 Å². The highest BCUT2D eigenvalue weighted by molar-refractivity contribution is 7.89. The average molecular weight is 338 g/mol. The summed E-state index contributed by atoms with van der Waals surface area (Å²) in [5.74, 6) is -0.0282. The van der Waals surface area contributed by atoms with Crippen molar-refractivity contribution in [3.05, 3.63) is 47.5 Å². The summed E-state index contributed by atoms with van der Waals surface area (Å²) in [5, 5.41) is 0. The van der Waals surface area contributed by atoms with E-state index >= 15 is 0 Å². The van der Waals surface area contributed by atoms with Crippen LogP contribution in [0, 0.1) is 5.92 Å². The molecular weight excluding hydrogens is 316 g/mol. The molecule has 1 heterocycles. The standard InChI is InChI=1S/C17H22O5S/c1-12(2)14-6-4-13(5-7-14)10-21-17(18)16-9-8-15(22-16)11-23(3,19)20/h4,8-9,14H,1,5-7,10-11H2,2-3H3/t14-/m0/s1. The molecule has 0 aromatic carbocycles. The molecule has 0 amide bonds.